The van der Waals surface area contributed by atoms with Gasteiger partial charge in [-0.2, -0.15) is 13.2 Å². The second kappa shape index (κ2) is 14.3. The van der Waals surface area contributed by atoms with Gasteiger partial charge in [-0.05, 0) is 68.5 Å². The zero-order chi connectivity index (χ0) is 31.9. The standard InChI is InChI=1S/C33H38F3N3O4S/c1-3-30(32(41)37-27-13-7-8-14-27)38(21-20-25-10-5-4-6-11-25)31(40)23-39(28-15-9-12-26(22-28)33(34,35)36)44(42,43)29-18-16-24(2)17-19-29/h4-6,9-12,15-19,22,27,30H,3,7-8,13-14,20-21,23H2,1-2H3,(H,37,41)/t30-/m0/s1. The molecule has 4 rings (SSSR count). The number of amides is 2. The molecule has 0 bridgehead atoms. The van der Waals surface area contributed by atoms with Crippen LogP contribution >= 0.6 is 0 Å². The van der Waals surface area contributed by atoms with Crippen molar-refractivity contribution in [2.45, 2.75) is 75.5 Å². The van der Waals surface area contributed by atoms with Crippen LogP contribution in [0.4, 0.5) is 18.9 Å². The van der Waals surface area contributed by atoms with Gasteiger partial charge in [0, 0.05) is 12.6 Å². The van der Waals surface area contributed by atoms with Crippen LogP contribution in [0.1, 0.15) is 55.7 Å². The van der Waals surface area contributed by atoms with Gasteiger partial charge in [-0.3, -0.25) is 13.9 Å². The summed E-state index contributed by atoms with van der Waals surface area (Å²) in [7, 11) is -4.48. The first-order valence-electron chi connectivity index (χ1n) is 14.8. The van der Waals surface area contributed by atoms with E-state index in [1.54, 1.807) is 26.0 Å². The Kier molecular flexibility index (Phi) is 10.7. The Morgan fingerprint density at radius 1 is 0.955 bits per heavy atom. The lowest BCUT2D eigenvalue weighted by Crippen LogP contribution is -2.54. The highest BCUT2D eigenvalue weighted by Gasteiger charge is 2.36. The zero-order valence-corrected chi connectivity index (χ0v) is 25.7. The molecule has 0 aromatic heterocycles. The van der Waals surface area contributed by atoms with Gasteiger partial charge in [0.25, 0.3) is 10.0 Å². The third-order valence-electron chi connectivity index (χ3n) is 7.92. The summed E-state index contributed by atoms with van der Waals surface area (Å²) in [5.41, 5.74) is 0.352. The fraction of sp³-hybridized carbons (Fsp3) is 0.394. The molecule has 1 saturated carbocycles. The molecule has 44 heavy (non-hydrogen) atoms. The maximum absolute atomic E-state index is 14.1. The molecular weight excluding hydrogens is 591 g/mol. The molecule has 1 N–H and O–H groups in total. The Morgan fingerprint density at radius 2 is 1.61 bits per heavy atom. The molecular formula is C33H38F3N3O4S. The van der Waals surface area contributed by atoms with E-state index < -0.39 is 40.3 Å². The highest BCUT2D eigenvalue weighted by Crippen LogP contribution is 2.33. The van der Waals surface area contributed by atoms with E-state index in [2.05, 4.69) is 5.32 Å². The first kappa shape index (κ1) is 33.0. The summed E-state index contributed by atoms with van der Waals surface area (Å²) < 4.78 is 69.6. The predicted octanol–water partition coefficient (Wildman–Crippen LogP) is 6.12. The van der Waals surface area contributed by atoms with Gasteiger partial charge in [-0.25, -0.2) is 8.42 Å². The first-order valence-corrected chi connectivity index (χ1v) is 16.2. The molecule has 11 heteroatoms. The molecule has 1 atom stereocenters. The summed E-state index contributed by atoms with van der Waals surface area (Å²) in [6.45, 7) is 2.87. The van der Waals surface area contributed by atoms with E-state index in [-0.39, 0.29) is 35.5 Å². The van der Waals surface area contributed by atoms with Crippen LogP contribution in [0.2, 0.25) is 0 Å². The van der Waals surface area contributed by atoms with E-state index >= 15 is 0 Å². The zero-order valence-electron chi connectivity index (χ0n) is 24.9. The number of rotatable bonds is 12. The van der Waals surface area contributed by atoms with Crippen LogP contribution in [-0.2, 0) is 32.2 Å². The van der Waals surface area contributed by atoms with Crippen LogP contribution in [0.15, 0.2) is 83.8 Å². The van der Waals surface area contributed by atoms with Crippen LogP contribution in [0.5, 0.6) is 0 Å². The summed E-state index contributed by atoms with van der Waals surface area (Å²) in [6, 6.07) is 18.2. The summed E-state index contributed by atoms with van der Waals surface area (Å²) in [5.74, 6) is -1.02. The lowest BCUT2D eigenvalue weighted by Gasteiger charge is -2.34. The number of aryl methyl sites for hydroxylation is 1. The average molecular weight is 630 g/mol. The van der Waals surface area contributed by atoms with Gasteiger partial charge in [0.15, 0.2) is 0 Å². The van der Waals surface area contributed by atoms with E-state index in [0.29, 0.717) is 10.7 Å². The number of sulfonamides is 1. The minimum atomic E-state index is -4.73. The Balaban J connectivity index is 1.72. The summed E-state index contributed by atoms with van der Waals surface area (Å²) in [5, 5.41) is 3.04. The molecule has 0 radical (unpaired) electrons. The molecule has 3 aromatic rings. The van der Waals surface area contributed by atoms with Gasteiger partial charge in [-0.15, -0.1) is 0 Å². The largest absolute Gasteiger partial charge is 0.416 e. The molecule has 2 amide bonds. The van der Waals surface area contributed by atoms with Crippen LogP contribution < -0.4 is 9.62 Å². The molecule has 236 valence electrons. The minimum absolute atomic E-state index is 0.00569. The Hall–Kier alpha value is -3.86. The first-order chi connectivity index (χ1) is 20.9. The van der Waals surface area contributed by atoms with Crippen molar-refractivity contribution >= 4 is 27.5 Å². The van der Waals surface area contributed by atoms with Gasteiger partial charge < -0.3 is 10.2 Å². The van der Waals surface area contributed by atoms with Crippen molar-refractivity contribution in [1.29, 1.82) is 0 Å². The smallest absolute Gasteiger partial charge is 0.352 e. The number of hydrogen-bond donors (Lipinski definition) is 1. The Morgan fingerprint density at radius 3 is 2.23 bits per heavy atom. The van der Waals surface area contributed by atoms with E-state index in [1.165, 1.54) is 23.1 Å². The normalized spacial score (nSPS) is 14.7. The van der Waals surface area contributed by atoms with Crippen molar-refractivity contribution in [2.75, 3.05) is 17.4 Å². The highest BCUT2D eigenvalue weighted by molar-refractivity contribution is 7.92. The summed E-state index contributed by atoms with van der Waals surface area (Å²) in [4.78, 5) is 28.8. The quantitative estimate of drug-likeness (QED) is 0.262. The number of anilines is 1. The van der Waals surface area contributed by atoms with Gasteiger partial charge in [0.1, 0.15) is 12.6 Å². The molecule has 0 saturated heterocycles. The van der Waals surface area contributed by atoms with Crippen molar-refractivity contribution in [3.8, 4) is 0 Å². The second-order valence-electron chi connectivity index (χ2n) is 11.1. The summed E-state index contributed by atoms with van der Waals surface area (Å²) in [6.07, 6.45) is -0.368. The minimum Gasteiger partial charge on any atom is -0.352 e. The number of hydrogen-bond acceptors (Lipinski definition) is 4. The highest BCUT2D eigenvalue weighted by atomic mass is 32.2. The number of carbonyl (C=O) groups is 2. The molecule has 1 aliphatic rings. The third-order valence-corrected chi connectivity index (χ3v) is 9.71. The van der Waals surface area contributed by atoms with Crippen LogP contribution in [-0.4, -0.2) is 50.3 Å². The van der Waals surface area contributed by atoms with Gasteiger partial charge in [-0.1, -0.05) is 73.9 Å². The van der Waals surface area contributed by atoms with Gasteiger partial charge >= 0.3 is 6.18 Å². The predicted molar refractivity (Wildman–Crippen MR) is 163 cm³/mol. The number of benzene rings is 3. The Labute approximate surface area is 257 Å². The molecule has 7 nitrogen and oxygen atoms in total. The molecule has 3 aromatic carbocycles. The number of carbonyl (C=O) groups excluding carboxylic acids is 2. The summed E-state index contributed by atoms with van der Waals surface area (Å²) >= 11 is 0. The van der Waals surface area contributed by atoms with Crippen LogP contribution in [0.25, 0.3) is 0 Å². The number of nitrogens with one attached hydrogen (secondary N) is 1. The maximum Gasteiger partial charge on any atom is 0.416 e. The fourth-order valence-electron chi connectivity index (χ4n) is 5.47. The maximum atomic E-state index is 14.1. The fourth-order valence-corrected chi connectivity index (χ4v) is 6.87. The van der Waals surface area contributed by atoms with Crippen LogP contribution in [0.3, 0.4) is 0 Å². The van der Waals surface area contributed by atoms with E-state index in [4.69, 9.17) is 0 Å². The second-order valence-corrected chi connectivity index (χ2v) is 13.0. The molecule has 0 heterocycles. The number of nitrogens with zero attached hydrogens (tertiary/aromatic N) is 2. The van der Waals surface area contributed by atoms with E-state index in [1.807, 2.05) is 30.3 Å². The SMILES string of the molecule is CC[C@@H](C(=O)NC1CCCC1)N(CCc1ccccc1)C(=O)CN(c1cccc(C(F)(F)F)c1)S(=O)(=O)c1ccc(C)cc1. The molecule has 0 spiro atoms. The van der Waals surface area contributed by atoms with E-state index in [0.717, 1.165) is 55.0 Å². The number of halogens is 3. The lowest BCUT2D eigenvalue weighted by atomic mass is 10.1. The Bertz CT molecular complexity index is 1520. The van der Waals surface area contributed by atoms with Crippen molar-refractivity contribution in [3.05, 3.63) is 95.6 Å². The van der Waals surface area contributed by atoms with Crippen LogP contribution in [0, 0.1) is 6.92 Å². The molecule has 1 fully saturated rings. The van der Waals surface area contributed by atoms with Crippen molar-refractivity contribution < 1.29 is 31.2 Å². The van der Waals surface area contributed by atoms with Gasteiger partial charge in [0.05, 0.1) is 16.1 Å². The average Bonchev–Trinajstić information content (AvgIpc) is 3.51. The topological polar surface area (TPSA) is 86.8 Å². The number of alkyl halides is 3. The third kappa shape index (κ3) is 8.19. The van der Waals surface area contributed by atoms with Crippen molar-refractivity contribution in [3.63, 3.8) is 0 Å². The molecule has 0 unspecified atom stereocenters. The van der Waals surface area contributed by atoms with Crippen molar-refractivity contribution in [1.82, 2.24) is 10.2 Å². The lowest BCUT2D eigenvalue weighted by molar-refractivity contribution is -0.139. The van der Waals surface area contributed by atoms with E-state index in [9.17, 15) is 31.2 Å². The molecule has 1 aliphatic carbocycles. The van der Waals surface area contributed by atoms with Crippen molar-refractivity contribution in [2.24, 2.45) is 0 Å². The monoisotopic (exact) mass is 629 g/mol. The van der Waals surface area contributed by atoms with Gasteiger partial charge in [0.2, 0.25) is 11.8 Å². The molecule has 0 aliphatic heterocycles.